The molecule has 0 aliphatic heterocycles. The van der Waals surface area contributed by atoms with Gasteiger partial charge in [0.2, 0.25) is 0 Å². The second-order valence-electron chi connectivity index (χ2n) is 5.42. The van der Waals surface area contributed by atoms with Crippen LogP contribution in [0.5, 0.6) is 5.75 Å². The maximum absolute atomic E-state index is 9.33. The van der Waals surface area contributed by atoms with E-state index in [1.165, 1.54) is 11.3 Å². The van der Waals surface area contributed by atoms with Gasteiger partial charge in [0, 0.05) is 27.7 Å². The quantitative estimate of drug-likeness (QED) is 0.544. The molecule has 0 aliphatic rings. The summed E-state index contributed by atoms with van der Waals surface area (Å²) in [5.41, 5.74) is 2.26. The molecule has 2 heterocycles. The number of aromatic nitrogens is 1. The predicted molar refractivity (Wildman–Crippen MR) is 99.6 cm³/mol. The first-order valence-corrected chi connectivity index (χ1v) is 8.83. The Morgan fingerprint density at radius 1 is 1.36 bits per heavy atom. The van der Waals surface area contributed by atoms with Gasteiger partial charge in [-0.3, -0.25) is 0 Å². The second kappa shape index (κ2) is 7.56. The summed E-state index contributed by atoms with van der Waals surface area (Å²) in [6.07, 6.45) is 1.69. The molecule has 0 fully saturated rings. The van der Waals surface area contributed by atoms with E-state index in [1.54, 1.807) is 12.1 Å². The van der Waals surface area contributed by atoms with Gasteiger partial charge in [0.1, 0.15) is 35.0 Å². The maximum Gasteiger partial charge on any atom is 0.146 e. The highest BCUT2D eigenvalue weighted by atomic mass is 35.5. The molecule has 3 rings (SSSR count). The normalized spacial score (nSPS) is 11.4. The van der Waals surface area contributed by atoms with E-state index in [4.69, 9.17) is 20.8 Å². The highest BCUT2D eigenvalue weighted by molar-refractivity contribution is 7.11. The third-order valence-corrected chi connectivity index (χ3v) is 4.93. The van der Waals surface area contributed by atoms with Crippen molar-refractivity contribution in [1.29, 1.82) is 5.26 Å². The Labute approximate surface area is 155 Å². The molecule has 3 aromatic rings. The molecule has 4 nitrogen and oxygen atoms in total. The van der Waals surface area contributed by atoms with Crippen LogP contribution in [0.25, 0.3) is 11.6 Å². The van der Waals surface area contributed by atoms with E-state index < -0.39 is 0 Å². The highest BCUT2D eigenvalue weighted by Crippen LogP contribution is 2.26. The lowest BCUT2D eigenvalue weighted by atomic mass is 10.2. The average Bonchev–Trinajstić information content (AvgIpc) is 3.23. The van der Waals surface area contributed by atoms with Gasteiger partial charge >= 0.3 is 0 Å². The number of allylic oxidation sites excluding steroid dienone is 1. The summed E-state index contributed by atoms with van der Waals surface area (Å²) in [4.78, 5) is 4.33. The summed E-state index contributed by atoms with van der Waals surface area (Å²) in [5, 5.41) is 12.6. The molecule has 0 radical (unpaired) electrons. The van der Waals surface area contributed by atoms with Crippen molar-refractivity contribution in [3.63, 3.8) is 0 Å². The highest BCUT2D eigenvalue weighted by Gasteiger charge is 2.09. The van der Waals surface area contributed by atoms with Crippen molar-refractivity contribution < 1.29 is 9.15 Å². The van der Waals surface area contributed by atoms with Crippen molar-refractivity contribution in [2.45, 2.75) is 20.5 Å². The van der Waals surface area contributed by atoms with E-state index in [1.807, 2.05) is 43.5 Å². The fourth-order valence-corrected chi connectivity index (χ4v) is 3.13. The fraction of sp³-hybridized carbons (Fsp3) is 0.158. The van der Waals surface area contributed by atoms with Gasteiger partial charge in [0.25, 0.3) is 0 Å². The molecule has 126 valence electrons. The number of furan rings is 1. The van der Waals surface area contributed by atoms with E-state index in [2.05, 4.69) is 11.1 Å². The van der Waals surface area contributed by atoms with Gasteiger partial charge in [-0.1, -0.05) is 17.7 Å². The average molecular weight is 371 g/mol. The molecule has 0 aliphatic carbocycles. The molecule has 0 saturated heterocycles. The molecular weight excluding hydrogens is 356 g/mol. The minimum atomic E-state index is 0.285. The number of hydrogen-bond acceptors (Lipinski definition) is 5. The number of nitriles is 1. The first-order valence-electron chi connectivity index (χ1n) is 7.57. The number of thiazole rings is 1. The van der Waals surface area contributed by atoms with Crippen LogP contribution in [0.15, 0.2) is 40.1 Å². The zero-order valence-corrected chi connectivity index (χ0v) is 15.3. The summed E-state index contributed by atoms with van der Waals surface area (Å²) in [6, 6.07) is 11.3. The smallest absolute Gasteiger partial charge is 0.146 e. The number of nitrogens with zero attached hydrogens (tertiary/aromatic N) is 2. The second-order valence-corrected chi connectivity index (χ2v) is 6.68. The third kappa shape index (κ3) is 4.11. The van der Waals surface area contributed by atoms with Crippen LogP contribution in [0.3, 0.4) is 0 Å². The van der Waals surface area contributed by atoms with E-state index in [0.717, 1.165) is 17.0 Å². The molecule has 0 amide bonds. The standard InChI is InChI=1S/C19H15ClN2O2S/c1-12-11-25-19(22-12)14(9-21)8-15-6-7-16(24-15)10-23-18-5-3-4-17(20)13(18)2/h3-8,11H,10H2,1-2H3. The zero-order chi connectivity index (χ0) is 17.8. The van der Waals surface area contributed by atoms with Gasteiger partial charge in [-0.05, 0) is 38.1 Å². The lowest BCUT2D eigenvalue weighted by Crippen LogP contribution is -1.95. The number of aryl methyl sites for hydroxylation is 1. The number of hydrogen-bond donors (Lipinski definition) is 0. The third-order valence-electron chi connectivity index (χ3n) is 3.53. The predicted octanol–water partition coefficient (Wildman–Crippen LogP) is 5.65. The van der Waals surface area contributed by atoms with E-state index in [9.17, 15) is 5.26 Å². The Hall–Kier alpha value is -2.55. The van der Waals surface area contributed by atoms with Gasteiger partial charge in [-0.2, -0.15) is 5.26 Å². The monoisotopic (exact) mass is 370 g/mol. The van der Waals surface area contributed by atoms with Crippen LogP contribution < -0.4 is 4.74 Å². The molecule has 0 atom stereocenters. The van der Waals surface area contributed by atoms with Crippen LogP contribution in [0.4, 0.5) is 0 Å². The van der Waals surface area contributed by atoms with Crippen LogP contribution >= 0.6 is 22.9 Å². The van der Waals surface area contributed by atoms with Crippen LogP contribution in [0.2, 0.25) is 5.02 Å². The molecule has 0 spiro atoms. The van der Waals surface area contributed by atoms with E-state index in [0.29, 0.717) is 27.1 Å². The van der Waals surface area contributed by atoms with E-state index >= 15 is 0 Å². The molecule has 0 saturated carbocycles. The van der Waals surface area contributed by atoms with Crippen molar-refractivity contribution in [3.8, 4) is 11.8 Å². The number of rotatable bonds is 5. The van der Waals surface area contributed by atoms with Crippen molar-refractivity contribution in [2.75, 3.05) is 0 Å². The Balaban J connectivity index is 1.73. The summed E-state index contributed by atoms with van der Waals surface area (Å²) < 4.78 is 11.5. The molecule has 1 aromatic carbocycles. The van der Waals surface area contributed by atoms with Crippen molar-refractivity contribution >= 4 is 34.6 Å². The van der Waals surface area contributed by atoms with Gasteiger partial charge in [0.05, 0.1) is 5.57 Å². The fourth-order valence-electron chi connectivity index (χ4n) is 2.20. The Morgan fingerprint density at radius 2 is 2.20 bits per heavy atom. The van der Waals surface area contributed by atoms with Gasteiger partial charge in [-0.15, -0.1) is 11.3 Å². The topological polar surface area (TPSA) is 59.0 Å². The van der Waals surface area contributed by atoms with E-state index in [-0.39, 0.29) is 6.61 Å². The summed E-state index contributed by atoms with van der Waals surface area (Å²) in [7, 11) is 0. The minimum absolute atomic E-state index is 0.285. The first kappa shape index (κ1) is 17.3. The minimum Gasteiger partial charge on any atom is -0.485 e. The Morgan fingerprint density at radius 3 is 2.92 bits per heavy atom. The van der Waals surface area contributed by atoms with Crippen molar-refractivity contribution in [1.82, 2.24) is 4.98 Å². The Kier molecular flexibility index (Phi) is 5.22. The van der Waals surface area contributed by atoms with Crippen LogP contribution in [-0.4, -0.2) is 4.98 Å². The molecule has 0 N–H and O–H groups in total. The van der Waals surface area contributed by atoms with Gasteiger partial charge < -0.3 is 9.15 Å². The Bertz CT molecular complexity index is 966. The molecule has 25 heavy (non-hydrogen) atoms. The van der Waals surface area contributed by atoms with Crippen molar-refractivity contribution in [3.05, 3.63) is 68.5 Å². The maximum atomic E-state index is 9.33. The lowest BCUT2D eigenvalue weighted by molar-refractivity contribution is 0.268. The summed E-state index contributed by atoms with van der Waals surface area (Å²) in [6.45, 7) is 4.09. The molecular formula is C19H15ClN2O2S. The first-order chi connectivity index (χ1) is 12.1. The van der Waals surface area contributed by atoms with Gasteiger partial charge in [-0.25, -0.2) is 4.98 Å². The van der Waals surface area contributed by atoms with Crippen LogP contribution in [0, 0.1) is 25.2 Å². The zero-order valence-electron chi connectivity index (χ0n) is 13.7. The number of benzene rings is 1. The molecule has 2 aromatic heterocycles. The lowest BCUT2D eigenvalue weighted by Gasteiger charge is -2.08. The van der Waals surface area contributed by atoms with Crippen LogP contribution in [-0.2, 0) is 6.61 Å². The number of halogens is 1. The van der Waals surface area contributed by atoms with Crippen LogP contribution in [0.1, 0.15) is 27.8 Å². The summed E-state index contributed by atoms with van der Waals surface area (Å²) >= 11 is 7.52. The van der Waals surface area contributed by atoms with Crippen molar-refractivity contribution in [2.24, 2.45) is 0 Å². The largest absolute Gasteiger partial charge is 0.485 e. The number of ether oxygens (including phenoxy) is 1. The molecule has 0 bridgehead atoms. The molecule has 0 unspecified atom stereocenters. The van der Waals surface area contributed by atoms with Gasteiger partial charge in [0.15, 0.2) is 0 Å². The molecule has 6 heteroatoms. The summed E-state index contributed by atoms with van der Waals surface area (Å²) in [5.74, 6) is 1.97. The SMILES string of the molecule is Cc1csc(C(C#N)=Cc2ccc(COc3cccc(Cl)c3C)o2)n1.